The van der Waals surface area contributed by atoms with E-state index < -0.39 is 15.9 Å². The monoisotopic (exact) mass is 341 g/mol. The lowest BCUT2D eigenvalue weighted by atomic mass is 9.87. The van der Waals surface area contributed by atoms with E-state index in [1.54, 1.807) is 6.07 Å². The third kappa shape index (κ3) is 4.32. The highest BCUT2D eigenvalue weighted by Crippen LogP contribution is 2.31. The van der Waals surface area contributed by atoms with Crippen LogP contribution in [0.4, 0.5) is 0 Å². The lowest BCUT2D eigenvalue weighted by molar-refractivity contribution is 0.0976. The van der Waals surface area contributed by atoms with Crippen molar-refractivity contribution < 1.29 is 17.9 Å². The number of ether oxygens (including phenoxy) is 1. The minimum absolute atomic E-state index is 0.0442. The van der Waals surface area contributed by atoms with Crippen molar-refractivity contribution in [3.8, 4) is 0 Å². The van der Waals surface area contributed by atoms with Gasteiger partial charge in [-0.3, -0.25) is 9.89 Å². The Balaban J connectivity index is 1.60. The maximum Gasteiger partial charge on any atom is 0.285 e. The van der Waals surface area contributed by atoms with Crippen molar-refractivity contribution in [3.63, 3.8) is 0 Å². The largest absolute Gasteiger partial charge is 0.381 e. The van der Waals surface area contributed by atoms with Gasteiger partial charge in [0.05, 0.1) is 12.4 Å². The van der Waals surface area contributed by atoms with E-state index in [4.69, 9.17) is 4.74 Å². The summed E-state index contributed by atoms with van der Waals surface area (Å²) in [6.45, 7) is 1.02. The number of hydrogen-bond donors (Lipinski definition) is 2. The molecule has 1 aliphatic carbocycles. The molecule has 7 nitrogen and oxygen atoms in total. The molecule has 128 valence electrons. The first-order chi connectivity index (χ1) is 11.0. The third-order valence-corrected chi connectivity index (χ3v) is 6.01. The Morgan fingerprint density at radius 2 is 2.09 bits per heavy atom. The van der Waals surface area contributed by atoms with Gasteiger partial charge in [0.25, 0.3) is 5.91 Å². The van der Waals surface area contributed by atoms with Crippen molar-refractivity contribution in [1.82, 2.24) is 14.9 Å². The normalized spacial score (nSPS) is 23.0. The average molecular weight is 341 g/mol. The highest BCUT2D eigenvalue weighted by Gasteiger charge is 2.26. The number of hydrogen-bond acceptors (Lipinski definition) is 5. The first kappa shape index (κ1) is 16.4. The number of amides is 1. The predicted molar refractivity (Wildman–Crippen MR) is 84.6 cm³/mol. The highest BCUT2D eigenvalue weighted by atomic mass is 32.2. The van der Waals surface area contributed by atoms with Gasteiger partial charge in [-0.05, 0) is 25.3 Å². The maximum absolute atomic E-state index is 12.1. The topological polar surface area (TPSA) is 101 Å². The van der Waals surface area contributed by atoms with E-state index in [0.29, 0.717) is 25.6 Å². The zero-order chi connectivity index (χ0) is 16.3. The van der Waals surface area contributed by atoms with Gasteiger partial charge >= 0.3 is 0 Å². The predicted octanol–water partition coefficient (Wildman–Crippen LogP) is 1.55. The van der Waals surface area contributed by atoms with E-state index in [9.17, 15) is 13.2 Å². The zero-order valence-electron chi connectivity index (χ0n) is 13.1. The van der Waals surface area contributed by atoms with Crippen LogP contribution in [0.2, 0.25) is 0 Å². The Kier molecular flexibility index (Phi) is 5.01. The fourth-order valence-electron chi connectivity index (χ4n) is 3.34. The Hall–Kier alpha value is -1.41. The Bertz CT molecular complexity index is 643. The van der Waals surface area contributed by atoms with Gasteiger partial charge in [0, 0.05) is 24.1 Å². The lowest BCUT2D eigenvalue weighted by Gasteiger charge is -2.19. The van der Waals surface area contributed by atoms with Crippen LogP contribution < -0.4 is 4.72 Å². The second kappa shape index (κ2) is 7.00. The lowest BCUT2D eigenvalue weighted by Crippen LogP contribution is -2.35. The summed E-state index contributed by atoms with van der Waals surface area (Å²) in [6, 6.07) is 1.68. The smallest absolute Gasteiger partial charge is 0.285 e. The summed E-state index contributed by atoms with van der Waals surface area (Å²) in [5.74, 6) is -0.400. The molecule has 23 heavy (non-hydrogen) atoms. The number of H-pyrrole nitrogens is 1. The van der Waals surface area contributed by atoms with Crippen LogP contribution in [-0.2, 0) is 14.8 Å². The van der Waals surface area contributed by atoms with Gasteiger partial charge in [-0.2, -0.15) is 5.10 Å². The van der Waals surface area contributed by atoms with Gasteiger partial charge in [0.15, 0.2) is 5.69 Å². The molecule has 1 atom stereocenters. The Morgan fingerprint density at radius 1 is 1.30 bits per heavy atom. The molecule has 1 aromatic rings. The number of sulfonamides is 1. The molecule has 3 rings (SSSR count). The van der Waals surface area contributed by atoms with Gasteiger partial charge in [-0.1, -0.05) is 19.3 Å². The van der Waals surface area contributed by atoms with Crippen molar-refractivity contribution >= 4 is 15.9 Å². The van der Waals surface area contributed by atoms with Gasteiger partial charge < -0.3 is 4.74 Å². The van der Waals surface area contributed by atoms with Gasteiger partial charge in [-0.25, -0.2) is 13.1 Å². The van der Waals surface area contributed by atoms with E-state index in [1.165, 1.54) is 19.3 Å². The van der Waals surface area contributed by atoms with Crippen molar-refractivity contribution in [2.24, 2.45) is 5.92 Å². The molecular formula is C15H23N3O4S. The van der Waals surface area contributed by atoms with E-state index >= 15 is 0 Å². The Morgan fingerprint density at radius 3 is 2.78 bits per heavy atom. The van der Waals surface area contributed by atoms with Crippen LogP contribution in [0.1, 0.15) is 60.6 Å². The molecule has 1 aliphatic heterocycles. The summed E-state index contributed by atoms with van der Waals surface area (Å²) in [4.78, 5) is 12.1. The molecule has 1 saturated heterocycles. The molecule has 0 aromatic carbocycles. The van der Waals surface area contributed by atoms with Crippen molar-refractivity contribution in [2.45, 2.75) is 44.4 Å². The molecule has 2 N–H and O–H groups in total. The van der Waals surface area contributed by atoms with E-state index in [-0.39, 0.29) is 17.4 Å². The number of nitrogens with one attached hydrogen (secondary N) is 2. The summed E-state index contributed by atoms with van der Waals surface area (Å²) < 4.78 is 31.4. The molecule has 0 radical (unpaired) electrons. The second-order valence-corrected chi connectivity index (χ2v) is 8.25. The van der Waals surface area contributed by atoms with Crippen LogP contribution in [0.5, 0.6) is 0 Å². The number of carbonyl (C=O) groups excluding carboxylic acids is 1. The minimum Gasteiger partial charge on any atom is -0.381 e. The third-order valence-electron chi connectivity index (χ3n) is 4.60. The molecular weight excluding hydrogens is 318 g/mol. The van der Waals surface area contributed by atoms with Crippen LogP contribution >= 0.6 is 0 Å². The molecule has 1 unspecified atom stereocenters. The average Bonchev–Trinajstić information content (AvgIpc) is 3.18. The van der Waals surface area contributed by atoms with Crippen molar-refractivity contribution in [3.05, 3.63) is 17.5 Å². The number of carbonyl (C=O) groups is 1. The molecule has 1 aromatic heterocycles. The van der Waals surface area contributed by atoms with Crippen molar-refractivity contribution in [1.29, 1.82) is 0 Å². The number of aromatic nitrogens is 2. The minimum atomic E-state index is -3.66. The quantitative estimate of drug-likeness (QED) is 0.846. The standard InChI is InChI=1S/C15H23N3O4S/c19-15(18-23(20,21)10-11-6-7-22-9-11)14-8-13(16-17-14)12-4-2-1-3-5-12/h8,11-12H,1-7,9-10H2,(H,16,17)(H,18,19). The maximum atomic E-state index is 12.1. The van der Waals surface area contributed by atoms with E-state index in [2.05, 4.69) is 14.9 Å². The van der Waals surface area contributed by atoms with Gasteiger partial charge in [0.2, 0.25) is 10.0 Å². The summed E-state index contributed by atoms with van der Waals surface area (Å²) in [7, 11) is -3.66. The molecule has 1 amide bonds. The highest BCUT2D eigenvalue weighted by molar-refractivity contribution is 7.90. The second-order valence-electron chi connectivity index (χ2n) is 6.49. The number of nitrogens with zero attached hydrogens (tertiary/aromatic N) is 1. The molecule has 0 spiro atoms. The van der Waals surface area contributed by atoms with Crippen LogP contribution in [0, 0.1) is 5.92 Å². The molecule has 8 heteroatoms. The molecule has 2 fully saturated rings. The van der Waals surface area contributed by atoms with Crippen LogP contribution in [0.3, 0.4) is 0 Å². The van der Waals surface area contributed by atoms with Crippen LogP contribution in [0.25, 0.3) is 0 Å². The van der Waals surface area contributed by atoms with E-state index in [1.807, 2.05) is 0 Å². The van der Waals surface area contributed by atoms with Crippen LogP contribution in [-0.4, -0.2) is 43.5 Å². The molecule has 2 aliphatic rings. The summed E-state index contributed by atoms with van der Waals surface area (Å²) in [5.41, 5.74) is 1.06. The SMILES string of the molecule is O=C(NS(=O)(=O)CC1CCOC1)c1cc(C2CCCCC2)[nH]n1. The first-order valence-corrected chi connectivity index (χ1v) is 9.86. The molecule has 1 saturated carbocycles. The van der Waals surface area contributed by atoms with Gasteiger partial charge in [-0.15, -0.1) is 0 Å². The van der Waals surface area contributed by atoms with Crippen LogP contribution in [0.15, 0.2) is 6.07 Å². The fraction of sp³-hybridized carbons (Fsp3) is 0.733. The number of rotatable bonds is 5. The first-order valence-electron chi connectivity index (χ1n) is 8.21. The van der Waals surface area contributed by atoms with E-state index in [0.717, 1.165) is 18.5 Å². The Labute approximate surface area is 136 Å². The summed E-state index contributed by atoms with van der Waals surface area (Å²) in [5, 5.41) is 6.87. The molecule has 2 heterocycles. The number of aromatic amines is 1. The molecule has 0 bridgehead atoms. The summed E-state index contributed by atoms with van der Waals surface area (Å²) >= 11 is 0. The zero-order valence-corrected chi connectivity index (χ0v) is 13.9. The van der Waals surface area contributed by atoms with Gasteiger partial charge in [0.1, 0.15) is 0 Å². The van der Waals surface area contributed by atoms with Crippen molar-refractivity contribution in [2.75, 3.05) is 19.0 Å². The summed E-state index contributed by atoms with van der Waals surface area (Å²) in [6.07, 6.45) is 6.50. The fourth-order valence-corrected chi connectivity index (χ4v) is 4.69.